The number of hydrogen-bond acceptors (Lipinski definition) is 4. The number of halogens is 2. The van der Waals surface area contributed by atoms with E-state index in [1.54, 1.807) is 6.92 Å². The molecule has 22 heavy (non-hydrogen) atoms. The van der Waals surface area contributed by atoms with Crippen LogP contribution in [0.5, 0.6) is 0 Å². The molecule has 9 heteroatoms. The predicted molar refractivity (Wildman–Crippen MR) is 77.8 cm³/mol. The van der Waals surface area contributed by atoms with Crippen molar-refractivity contribution >= 4 is 33.0 Å². The van der Waals surface area contributed by atoms with Gasteiger partial charge in [-0.3, -0.25) is 4.72 Å². The highest BCUT2D eigenvalue weighted by Crippen LogP contribution is 2.29. The van der Waals surface area contributed by atoms with Gasteiger partial charge in [0, 0.05) is 0 Å². The maximum atomic E-state index is 14.3. The van der Waals surface area contributed by atoms with Crippen molar-refractivity contribution < 1.29 is 27.1 Å². The second-order valence-corrected chi connectivity index (χ2v) is 7.13. The van der Waals surface area contributed by atoms with E-state index in [1.165, 1.54) is 17.5 Å². The molecule has 1 aromatic heterocycles. The first-order valence-corrected chi connectivity index (χ1v) is 8.44. The number of nitrogens with one attached hydrogen (secondary N) is 1. The van der Waals surface area contributed by atoms with Crippen LogP contribution in [-0.2, 0) is 16.4 Å². The van der Waals surface area contributed by atoms with Crippen LogP contribution in [0.25, 0.3) is 0 Å². The topological polar surface area (TPSA) is 83.5 Å². The van der Waals surface area contributed by atoms with Crippen LogP contribution in [0.15, 0.2) is 27.8 Å². The lowest BCUT2D eigenvalue weighted by Crippen LogP contribution is -2.17. The number of aromatic carboxylic acids is 1. The first-order valence-electron chi connectivity index (χ1n) is 6.08. The van der Waals surface area contributed by atoms with Crippen molar-refractivity contribution in [2.75, 3.05) is 4.72 Å². The lowest BCUT2D eigenvalue weighted by atomic mass is 10.1. The predicted octanol–water partition coefficient (Wildman–Crippen LogP) is 3.09. The van der Waals surface area contributed by atoms with E-state index in [1.807, 2.05) is 4.72 Å². The number of hydrogen-bond donors (Lipinski definition) is 2. The minimum atomic E-state index is -4.07. The number of carbonyl (C=O) groups is 1. The van der Waals surface area contributed by atoms with Gasteiger partial charge in [0.1, 0.15) is 15.6 Å². The molecule has 0 atom stereocenters. The van der Waals surface area contributed by atoms with Gasteiger partial charge in [-0.05, 0) is 29.5 Å². The fourth-order valence-corrected chi connectivity index (χ4v) is 3.95. The summed E-state index contributed by atoms with van der Waals surface area (Å²) in [4.78, 5) is 10.9. The van der Waals surface area contributed by atoms with E-state index in [2.05, 4.69) is 0 Å². The zero-order valence-corrected chi connectivity index (χ0v) is 12.9. The maximum absolute atomic E-state index is 14.3. The normalized spacial score (nSPS) is 11.4. The molecule has 5 nitrogen and oxygen atoms in total. The number of rotatable bonds is 5. The Balaban J connectivity index is 2.60. The third-order valence-electron chi connectivity index (χ3n) is 2.89. The molecular formula is C13H11F2NO4S2. The molecule has 0 saturated heterocycles. The highest BCUT2D eigenvalue weighted by molar-refractivity contribution is 7.94. The molecule has 2 aromatic rings. The molecule has 2 rings (SSSR count). The van der Waals surface area contributed by atoms with Gasteiger partial charge in [0.25, 0.3) is 10.0 Å². The molecule has 1 aromatic carbocycles. The van der Waals surface area contributed by atoms with Crippen LogP contribution in [0.4, 0.5) is 14.5 Å². The fraction of sp³-hybridized carbons (Fsp3) is 0.154. The first-order chi connectivity index (χ1) is 10.3. The molecule has 0 saturated carbocycles. The lowest BCUT2D eigenvalue weighted by molar-refractivity contribution is 0.0686. The Hall–Kier alpha value is -2.00. The number of aryl methyl sites for hydroxylation is 1. The van der Waals surface area contributed by atoms with E-state index < -0.39 is 38.9 Å². The van der Waals surface area contributed by atoms with Crippen molar-refractivity contribution in [2.45, 2.75) is 17.6 Å². The number of carboxylic acids is 1. The van der Waals surface area contributed by atoms with Gasteiger partial charge in [0.05, 0.1) is 5.69 Å². The third kappa shape index (κ3) is 2.95. The Morgan fingerprint density at radius 3 is 2.59 bits per heavy atom. The summed E-state index contributed by atoms with van der Waals surface area (Å²) in [7, 11) is -4.07. The molecule has 0 spiro atoms. The molecule has 0 aliphatic carbocycles. The van der Waals surface area contributed by atoms with Crippen LogP contribution < -0.4 is 4.72 Å². The average Bonchev–Trinajstić information content (AvgIpc) is 2.96. The molecule has 0 unspecified atom stereocenters. The monoisotopic (exact) mass is 347 g/mol. The van der Waals surface area contributed by atoms with Gasteiger partial charge in [0.15, 0.2) is 5.82 Å². The van der Waals surface area contributed by atoms with Gasteiger partial charge in [-0.2, -0.15) is 0 Å². The number of sulfonamides is 1. The summed E-state index contributed by atoms with van der Waals surface area (Å²) in [5.74, 6) is -4.50. The second kappa shape index (κ2) is 6.01. The van der Waals surface area contributed by atoms with E-state index in [4.69, 9.17) is 5.11 Å². The average molecular weight is 347 g/mol. The van der Waals surface area contributed by atoms with Crippen molar-refractivity contribution in [1.82, 2.24) is 0 Å². The van der Waals surface area contributed by atoms with Crippen LogP contribution in [0.2, 0.25) is 0 Å². The van der Waals surface area contributed by atoms with Crippen molar-refractivity contribution in [1.29, 1.82) is 0 Å². The molecule has 2 N–H and O–H groups in total. The summed E-state index contributed by atoms with van der Waals surface area (Å²) < 4.78 is 54.1. The second-order valence-electron chi connectivity index (χ2n) is 4.28. The molecule has 0 aliphatic rings. The number of anilines is 1. The molecule has 0 radical (unpaired) electrons. The first kappa shape index (κ1) is 16.4. The highest BCUT2D eigenvalue weighted by atomic mass is 32.2. The lowest BCUT2D eigenvalue weighted by Gasteiger charge is -2.14. The Labute approximate surface area is 129 Å². The molecule has 0 aliphatic heterocycles. The maximum Gasteiger partial charge on any atom is 0.341 e. The Kier molecular flexibility index (Phi) is 4.47. The van der Waals surface area contributed by atoms with Crippen LogP contribution in [0, 0.1) is 11.6 Å². The molecule has 118 valence electrons. The zero-order chi connectivity index (χ0) is 16.5. The van der Waals surface area contributed by atoms with Crippen molar-refractivity contribution in [3.8, 4) is 0 Å². The van der Waals surface area contributed by atoms with Gasteiger partial charge in [-0.25, -0.2) is 22.0 Å². The highest BCUT2D eigenvalue weighted by Gasteiger charge is 2.26. The fourth-order valence-electron chi connectivity index (χ4n) is 1.85. The summed E-state index contributed by atoms with van der Waals surface area (Å²) in [6.07, 6.45) is 0.121. The van der Waals surface area contributed by atoms with E-state index in [-0.39, 0.29) is 16.2 Å². The van der Waals surface area contributed by atoms with Crippen molar-refractivity contribution in [3.05, 3.63) is 46.3 Å². The summed E-state index contributed by atoms with van der Waals surface area (Å²) in [6.45, 7) is 1.57. The zero-order valence-electron chi connectivity index (χ0n) is 11.3. The summed E-state index contributed by atoms with van der Waals surface area (Å²) in [5, 5.41) is 10.4. The standard InChI is InChI=1S/C13H11F2NO4S2/c1-2-7-6-8(14)10(13(17)18)11(15)12(7)16-22(19,20)9-4-3-5-21-9/h3-6,16H,2H2,1H3,(H,17,18). The van der Waals surface area contributed by atoms with Crippen LogP contribution >= 0.6 is 11.3 Å². The largest absolute Gasteiger partial charge is 0.477 e. The molecule has 0 bridgehead atoms. The number of thiophene rings is 1. The molecular weight excluding hydrogens is 336 g/mol. The summed E-state index contributed by atoms with van der Waals surface area (Å²) >= 11 is 0.919. The number of carboxylic acid groups (broad SMARTS) is 1. The molecule has 0 amide bonds. The third-order valence-corrected chi connectivity index (χ3v) is 5.64. The SMILES string of the molecule is CCc1cc(F)c(C(=O)O)c(F)c1NS(=O)(=O)c1cccs1. The van der Waals surface area contributed by atoms with Crippen molar-refractivity contribution in [2.24, 2.45) is 0 Å². The van der Waals surface area contributed by atoms with E-state index in [0.717, 1.165) is 17.4 Å². The minimum absolute atomic E-state index is 0.0279. The van der Waals surface area contributed by atoms with Crippen LogP contribution in [0.3, 0.4) is 0 Å². The Bertz CT molecular complexity index is 817. The summed E-state index contributed by atoms with van der Waals surface area (Å²) in [5.41, 5.74) is -1.71. The molecule has 1 heterocycles. The Morgan fingerprint density at radius 1 is 1.41 bits per heavy atom. The van der Waals surface area contributed by atoms with Gasteiger partial charge in [0.2, 0.25) is 0 Å². The molecule has 0 fully saturated rings. The van der Waals surface area contributed by atoms with Gasteiger partial charge in [-0.1, -0.05) is 13.0 Å². The number of benzene rings is 1. The van der Waals surface area contributed by atoms with E-state index in [9.17, 15) is 22.0 Å². The van der Waals surface area contributed by atoms with Gasteiger partial charge in [-0.15, -0.1) is 11.3 Å². The minimum Gasteiger partial charge on any atom is -0.477 e. The van der Waals surface area contributed by atoms with E-state index in [0.29, 0.717) is 0 Å². The van der Waals surface area contributed by atoms with Crippen LogP contribution in [0.1, 0.15) is 22.8 Å². The van der Waals surface area contributed by atoms with E-state index >= 15 is 0 Å². The van der Waals surface area contributed by atoms with Crippen molar-refractivity contribution in [3.63, 3.8) is 0 Å². The van der Waals surface area contributed by atoms with Gasteiger partial charge >= 0.3 is 5.97 Å². The van der Waals surface area contributed by atoms with Gasteiger partial charge < -0.3 is 5.11 Å². The summed E-state index contributed by atoms with van der Waals surface area (Å²) in [6, 6.07) is 3.64. The van der Waals surface area contributed by atoms with Crippen LogP contribution in [-0.4, -0.2) is 19.5 Å². The smallest absolute Gasteiger partial charge is 0.341 e. The Morgan fingerprint density at radius 2 is 2.09 bits per heavy atom. The quantitative estimate of drug-likeness (QED) is 0.871.